The number of carbonyl (C=O) groups excluding carboxylic acids is 3. The Labute approximate surface area is 230 Å². The summed E-state index contributed by atoms with van der Waals surface area (Å²) in [4.78, 5) is 44.1. The van der Waals surface area contributed by atoms with Crippen molar-refractivity contribution in [3.8, 4) is 0 Å². The third-order valence-corrected chi connectivity index (χ3v) is 7.72. The Morgan fingerprint density at radius 2 is 1.47 bits per heavy atom. The van der Waals surface area contributed by atoms with Crippen LogP contribution in [0.4, 0.5) is 5.69 Å². The molecule has 1 saturated heterocycles. The molecule has 198 valence electrons. The zero-order valence-corrected chi connectivity index (χ0v) is 22.9. The summed E-state index contributed by atoms with van der Waals surface area (Å²) in [6.07, 6.45) is 1.69. The molecule has 1 N–H and O–H groups in total. The van der Waals surface area contributed by atoms with Crippen LogP contribution in [-0.4, -0.2) is 54.7 Å². The molecule has 1 aliphatic carbocycles. The largest absolute Gasteiger partial charge is 0.369 e. The molecule has 0 spiro atoms. The highest BCUT2D eigenvalue weighted by atomic mass is 35.5. The van der Waals surface area contributed by atoms with E-state index in [0.717, 1.165) is 39.0 Å². The number of benzene rings is 3. The summed E-state index contributed by atoms with van der Waals surface area (Å²) in [5.41, 5.74) is 5.75. The van der Waals surface area contributed by atoms with Crippen molar-refractivity contribution < 1.29 is 14.4 Å². The van der Waals surface area contributed by atoms with Gasteiger partial charge >= 0.3 is 0 Å². The van der Waals surface area contributed by atoms with Crippen LogP contribution in [0.1, 0.15) is 73.1 Å². The van der Waals surface area contributed by atoms with Gasteiger partial charge in [0.2, 0.25) is 0 Å². The average molecular weight is 532 g/mol. The molecule has 1 amide bonds. The number of hydrogen-bond acceptors (Lipinski definition) is 5. The molecule has 0 saturated carbocycles. The number of piperazine rings is 1. The molecule has 1 fully saturated rings. The topological polar surface area (TPSA) is 69.7 Å². The van der Waals surface area contributed by atoms with Gasteiger partial charge in [-0.2, -0.15) is 0 Å². The second-order valence-corrected chi connectivity index (χ2v) is 9.98. The van der Waals surface area contributed by atoms with E-state index < -0.39 is 0 Å². The van der Waals surface area contributed by atoms with E-state index in [2.05, 4.69) is 54.1 Å². The molecule has 1 unspecified atom stereocenters. The number of rotatable bonds is 6. The SMILES string of the molecule is CCCC(NC(=O)c1ccc2c(c1)C(=O)c1ccccc1C2=O)N1CCN(c2cccc(C)c2C)CC1.Cl. The molecule has 1 aliphatic heterocycles. The maximum atomic E-state index is 13.3. The van der Waals surface area contributed by atoms with E-state index in [-0.39, 0.29) is 36.0 Å². The first-order valence-electron chi connectivity index (χ1n) is 13.1. The summed E-state index contributed by atoms with van der Waals surface area (Å²) in [5, 5.41) is 3.20. The van der Waals surface area contributed by atoms with Crippen LogP contribution < -0.4 is 10.2 Å². The summed E-state index contributed by atoms with van der Waals surface area (Å²) in [6, 6.07) is 18.1. The van der Waals surface area contributed by atoms with Crippen LogP contribution in [0.15, 0.2) is 60.7 Å². The highest BCUT2D eigenvalue weighted by Gasteiger charge is 2.31. The second kappa shape index (κ2) is 11.5. The molecule has 0 aromatic heterocycles. The molecular weight excluding hydrogens is 498 g/mol. The minimum Gasteiger partial charge on any atom is -0.369 e. The fourth-order valence-corrected chi connectivity index (χ4v) is 5.45. The van der Waals surface area contributed by atoms with Crippen molar-refractivity contribution in [2.24, 2.45) is 0 Å². The minimum absolute atomic E-state index is 0. The monoisotopic (exact) mass is 531 g/mol. The minimum atomic E-state index is -0.225. The second-order valence-electron chi connectivity index (χ2n) is 9.98. The van der Waals surface area contributed by atoms with Gasteiger partial charge in [-0.3, -0.25) is 19.3 Å². The summed E-state index contributed by atoms with van der Waals surface area (Å²) < 4.78 is 0. The smallest absolute Gasteiger partial charge is 0.252 e. The average Bonchev–Trinajstić information content (AvgIpc) is 2.93. The van der Waals surface area contributed by atoms with Crippen molar-refractivity contribution in [3.05, 3.63) is 99.6 Å². The summed E-state index contributed by atoms with van der Waals surface area (Å²) in [7, 11) is 0. The van der Waals surface area contributed by atoms with Crippen molar-refractivity contribution in [3.63, 3.8) is 0 Å². The fraction of sp³-hybridized carbons (Fsp3) is 0.323. The zero-order valence-electron chi connectivity index (χ0n) is 22.1. The molecule has 1 heterocycles. The Bertz CT molecular complexity index is 1380. The van der Waals surface area contributed by atoms with Gasteiger partial charge in [-0.25, -0.2) is 0 Å². The molecule has 38 heavy (non-hydrogen) atoms. The van der Waals surface area contributed by atoms with E-state index in [1.165, 1.54) is 16.8 Å². The molecule has 0 bridgehead atoms. The van der Waals surface area contributed by atoms with Gasteiger partial charge < -0.3 is 10.2 Å². The highest BCUT2D eigenvalue weighted by molar-refractivity contribution is 6.28. The van der Waals surface area contributed by atoms with Crippen LogP contribution in [0.5, 0.6) is 0 Å². The lowest BCUT2D eigenvalue weighted by atomic mass is 9.83. The molecule has 0 radical (unpaired) electrons. The van der Waals surface area contributed by atoms with E-state index >= 15 is 0 Å². The number of nitrogens with zero attached hydrogens (tertiary/aromatic N) is 2. The van der Waals surface area contributed by atoms with Crippen LogP contribution in [0.3, 0.4) is 0 Å². The quantitative estimate of drug-likeness (QED) is 0.371. The Morgan fingerprint density at radius 3 is 2.13 bits per heavy atom. The van der Waals surface area contributed by atoms with Crippen LogP contribution in [-0.2, 0) is 0 Å². The van der Waals surface area contributed by atoms with Gasteiger partial charge in [0, 0.05) is 59.7 Å². The van der Waals surface area contributed by atoms with Crippen LogP contribution in [0.2, 0.25) is 0 Å². The predicted molar refractivity (Wildman–Crippen MR) is 153 cm³/mol. The molecule has 2 aliphatic rings. The van der Waals surface area contributed by atoms with E-state index in [4.69, 9.17) is 0 Å². The van der Waals surface area contributed by atoms with Crippen molar-refractivity contribution in [1.82, 2.24) is 10.2 Å². The molecule has 7 heteroatoms. The van der Waals surface area contributed by atoms with Crippen LogP contribution >= 0.6 is 12.4 Å². The van der Waals surface area contributed by atoms with Crippen molar-refractivity contribution in [1.29, 1.82) is 0 Å². The standard InChI is InChI=1S/C31H33N3O3.ClH/c1-4-8-28(34-17-15-33(16-18-34)27-12-7-9-20(2)21(27)3)32-31(37)22-13-14-25-26(19-22)30(36)24-11-6-5-10-23(24)29(25)35;/h5-7,9-14,19,28H,4,8,15-18H2,1-3H3,(H,32,37);1H. The number of fused-ring (bicyclic) bond motifs is 2. The Kier molecular flexibility index (Phi) is 8.34. The number of nitrogens with one attached hydrogen (secondary N) is 1. The highest BCUT2D eigenvalue weighted by Crippen LogP contribution is 2.28. The first-order valence-corrected chi connectivity index (χ1v) is 13.1. The number of hydrogen-bond donors (Lipinski definition) is 1. The summed E-state index contributed by atoms with van der Waals surface area (Å²) in [6.45, 7) is 9.94. The number of aryl methyl sites for hydroxylation is 1. The first-order chi connectivity index (χ1) is 17.9. The fourth-order valence-electron chi connectivity index (χ4n) is 5.45. The van der Waals surface area contributed by atoms with Gasteiger partial charge in [0.05, 0.1) is 6.17 Å². The third-order valence-electron chi connectivity index (χ3n) is 7.72. The van der Waals surface area contributed by atoms with Crippen molar-refractivity contribution in [2.75, 3.05) is 31.1 Å². The maximum Gasteiger partial charge on any atom is 0.252 e. The van der Waals surface area contributed by atoms with Gasteiger partial charge in [-0.05, 0) is 55.7 Å². The number of carbonyl (C=O) groups is 3. The van der Waals surface area contributed by atoms with Gasteiger partial charge in [0.15, 0.2) is 11.6 Å². The third kappa shape index (κ3) is 5.11. The molecule has 3 aromatic carbocycles. The van der Waals surface area contributed by atoms with Crippen LogP contribution in [0.25, 0.3) is 0 Å². The van der Waals surface area contributed by atoms with Crippen LogP contribution in [0, 0.1) is 13.8 Å². The van der Waals surface area contributed by atoms with Crippen molar-refractivity contribution >= 4 is 35.6 Å². The molecule has 5 rings (SSSR count). The zero-order chi connectivity index (χ0) is 26.1. The number of ketones is 2. The first kappa shape index (κ1) is 27.6. The van der Waals surface area contributed by atoms with Gasteiger partial charge in [0.1, 0.15) is 0 Å². The van der Waals surface area contributed by atoms with E-state index in [1.54, 1.807) is 42.5 Å². The molecule has 3 aromatic rings. The Morgan fingerprint density at radius 1 is 0.842 bits per heavy atom. The van der Waals surface area contributed by atoms with Gasteiger partial charge in [0.25, 0.3) is 5.91 Å². The maximum absolute atomic E-state index is 13.3. The lowest BCUT2D eigenvalue weighted by Crippen LogP contribution is -2.56. The van der Waals surface area contributed by atoms with Gasteiger partial charge in [-0.15, -0.1) is 12.4 Å². The lowest BCUT2D eigenvalue weighted by molar-refractivity contribution is 0.0824. The number of halogens is 1. The van der Waals surface area contributed by atoms with Gasteiger partial charge in [-0.1, -0.05) is 49.7 Å². The lowest BCUT2D eigenvalue weighted by Gasteiger charge is -2.41. The Balaban J connectivity index is 0.00000336. The molecule has 6 nitrogen and oxygen atoms in total. The molecule has 1 atom stereocenters. The van der Waals surface area contributed by atoms with E-state index in [0.29, 0.717) is 27.8 Å². The number of amides is 1. The van der Waals surface area contributed by atoms with E-state index in [9.17, 15) is 14.4 Å². The summed E-state index contributed by atoms with van der Waals surface area (Å²) in [5.74, 6) is -0.618. The normalized spacial score (nSPS) is 15.8. The number of anilines is 1. The Hall–Kier alpha value is -3.48. The van der Waals surface area contributed by atoms with Crippen molar-refractivity contribution in [2.45, 2.75) is 39.8 Å². The summed E-state index contributed by atoms with van der Waals surface area (Å²) >= 11 is 0. The predicted octanol–water partition coefficient (Wildman–Crippen LogP) is 5.18. The molecular formula is C31H34ClN3O3. The van der Waals surface area contributed by atoms with E-state index in [1.807, 2.05) is 0 Å².